The van der Waals surface area contributed by atoms with Crippen LogP contribution in [-0.2, 0) is 73.3 Å². The first-order valence-corrected chi connectivity index (χ1v) is 16.2. The minimum atomic E-state index is -3.01. The van der Waals surface area contributed by atoms with Gasteiger partial charge in [0.1, 0.15) is 37.1 Å². The van der Waals surface area contributed by atoms with Gasteiger partial charge in [0.05, 0.1) is 31.8 Å². The van der Waals surface area contributed by atoms with Crippen molar-refractivity contribution < 1.29 is 82.0 Å². The van der Waals surface area contributed by atoms with E-state index >= 15 is 0 Å². The number of nitrogens with zero attached hydrogens (tertiary/aromatic N) is 3. The van der Waals surface area contributed by atoms with Crippen LogP contribution in [0.5, 0.6) is 0 Å². The topological polar surface area (TPSA) is 298 Å². The van der Waals surface area contributed by atoms with E-state index in [0.717, 1.165) is 34.6 Å². The van der Waals surface area contributed by atoms with Crippen LogP contribution in [-0.4, -0.2) is 131 Å². The molecule has 21 nitrogen and oxygen atoms in total. The summed E-state index contributed by atoms with van der Waals surface area (Å²) in [7, 11) is 0. The zero-order valence-electron chi connectivity index (χ0n) is 29.4. The van der Waals surface area contributed by atoms with Gasteiger partial charge in [-0.1, -0.05) is 35.4 Å². The van der Waals surface area contributed by atoms with Gasteiger partial charge in [-0.05, 0) is 11.1 Å². The second-order valence-electron chi connectivity index (χ2n) is 12.0. The number of hydrogen-bond acceptors (Lipinski definition) is 17. The zero-order chi connectivity index (χ0) is 39.5. The molecule has 0 unspecified atom stereocenters. The molecule has 3 rings (SSSR count). The van der Waals surface area contributed by atoms with Crippen molar-refractivity contribution in [2.45, 2.75) is 115 Å². The number of carboxylic acid groups (broad SMARTS) is 1. The quantitative estimate of drug-likeness (QED) is 0.0557. The van der Waals surface area contributed by atoms with Crippen LogP contribution >= 0.6 is 0 Å². The Kier molecular flexibility index (Phi) is 15.5. The van der Waals surface area contributed by atoms with Gasteiger partial charge >= 0.3 is 29.8 Å². The number of azide groups is 1. The van der Waals surface area contributed by atoms with Crippen LogP contribution in [0.3, 0.4) is 0 Å². The standard InChI is InChI=1S/C32H42N4O17/c1-15(38)34-24-21(48-17(3)40)11-32(31(44)45,52-29(24)27(50-19(5)42)23(49-18(4)41)14-46-16(2)39)53-30-25(35-36-33)28(26(43)22(12-37)51-30)47-13-20-9-7-6-8-10-20/h6-10,21-30,37,43H,11-14H2,1-5H3,(H,34,38)(H,44,45)/t21-,22+,23+,24+,25+,26+,27+,28+,29+,30-,32-/m0/s1. The van der Waals surface area contributed by atoms with Gasteiger partial charge in [-0.15, -0.1) is 0 Å². The molecular weight excluding hydrogens is 712 g/mol. The van der Waals surface area contributed by atoms with Crippen molar-refractivity contribution in [3.63, 3.8) is 0 Å². The second-order valence-corrected chi connectivity index (χ2v) is 12.0. The second kappa shape index (κ2) is 19.3. The number of rotatable bonds is 16. The Bertz CT molecular complexity index is 1520. The fourth-order valence-electron chi connectivity index (χ4n) is 5.85. The number of carboxylic acids is 1. The van der Waals surface area contributed by atoms with Crippen molar-refractivity contribution in [2.24, 2.45) is 5.11 Å². The van der Waals surface area contributed by atoms with Gasteiger partial charge in [-0.2, -0.15) is 0 Å². The molecule has 0 aliphatic carbocycles. The van der Waals surface area contributed by atoms with Crippen LogP contribution < -0.4 is 5.32 Å². The SMILES string of the molecule is CC(=O)N[C@H]1[C@H]([C@H](OC(C)=O)[C@@H](COC(C)=O)OC(C)=O)O[C@@](O[C@@H]2O[C@H](CO)[C@@H](O)[C@H](OCc3ccccc3)[C@H]2N=[N+]=[N-])(C(=O)O)C[C@@H]1OC(C)=O. The third kappa shape index (κ3) is 11.5. The largest absolute Gasteiger partial charge is 0.477 e. The summed E-state index contributed by atoms with van der Waals surface area (Å²) in [5, 5.41) is 38.0. The van der Waals surface area contributed by atoms with E-state index in [9.17, 15) is 49.6 Å². The lowest BCUT2D eigenvalue weighted by Crippen LogP contribution is -2.70. The summed E-state index contributed by atoms with van der Waals surface area (Å²) < 4.78 is 44.9. The molecule has 0 radical (unpaired) electrons. The van der Waals surface area contributed by atoms with Gasteiger partial charge in [0.15, 0.2) is 18.5 Å². The van der Waals surface area contributed by atoms with E-state index in [2.05, 4.69) is 15.3 Å². The molecule has 1 amide bonds. The van der Waals surface area contributed by atoms with Gasteiger partial charge in [-0.25, -0.2) is 4.79 Å². The van der Waals surface area contributed by atoms with Crippen LogP contribution in [0.1, 0.15) is 46.6 Å². The first kappa shape index (κ1) is 42.5. The molecule has 0 bridgehead atoms. The molecule has 0 aromatic heterocycles. The van der Waals surface area contributed by atoms with Crippen molar-refractivity contribution in [3.05, 3.63) is 46.3 Å². The molecule has 292 valence electrons. The third-order valence-electron chi connectivity index (χ3n) is 7.92. The summed E-state index contributed by atoms with van der Waals surface area (Å²) in [6, 6.07) is 5.37. The lowest BCUT2D eigenvalue weighted by atomic mass is 9.87. The minimum absolute atomic E-state index is 0.148. The number of aliphatic carboxylic acids is 1. The summed E-state index contributed by atoms with van der Waals surface area (Å²) in [6.07, 6.45) is -14.7. The number of ether oxygens (including phenoxy) is 8. The average molecular weight is 755 g/mol. The normalized spacial score (nSPS) is 29.3. The maximum absolute atomic E-state index is 13.3. The number of aliphatic hydroxyl groups is 2. The zero-order valence-corrected chi connectivity index (χ0v) is 29.4. The Morgan fingerprint density at radius 2 is 1.68 bits per heavy atom. The molecule has 11 atom stereocenters. The Labute approximate surface area is 302 Å². The number of esters is 4. The molecule has 21 heteroatoms. The number of nitrogens with one attached hydrogen (secondary N) is 1. The predicted octanol–water partition coefficient (Wildman–Crippen LogP) is -0.222. The summed E-state index contributed by atoms with van der Waals surface area (Å²) >= 11 is 0. The van der Waals surface area contributed by atoms with E-state index in [1.54, 1.807) is 30.3 Å². The molecule has 0 spiro atoms. The fraction of sp³-hybridized carbons (Fsp3) is 0.625. The number of hydrogen-bond donors (Lipinski definition) is 4. The molecule has 2 heterocycles. The smallest absolute Gasteiger partial charge is 0.364 e. The molecule has 2 saturated heterocycles. The average Bonchev–Trinajstić information content (AvgIpc) is 3.07. The summed E-state index contributed by atoms with van der Waals surface area (Å²) in [4.78, 5) is 77.4. The monoisotopic (exact) mass is 754 g/mol. The molecule has 1 aromatic carbocycles. The van der Waals surface area contributed by atoms with Crippen molar-refractivity contribution in [1.82, 2.24) is 5.32 Å². The first-order chi connectivity index (χ1) is 25.0. The number of carbonyl (C=O) groups excluding carboxylic acids is 5. The van der Waals surface area contributed by atoms with E-state index in [-0.39, 0.29) is 6.61 Å². The molecule has 2 aliphatic rings. The third-order valence-corrected chi connectivity index (χ3v) is 7.92. The first-order valence-electron chi connectivity index (χ1n) is 16.2. The maximum Gasteiger partial charge on any atom is 0.364 e. The number of benzene rings is 1. The number of amides is 1. The van der Waals surface area contributed by atoms with E-state index in [1.807, 2.05) is 0 Å². The van der Waals surface area contributed by atoms with Crippen LogP contribution in [0.25, 0.3) is 10.4 Å². The summed E-state index contributed by atoms with van der Waals surface area (Å²) in [5.41, 5.74) is 10.1. The molecule has 2 aliphatic heterocycles. The number of carbonyl (C=O) groups is 6. The maximum atomic E-state index is 13.3. The summed E-state index contributed by atoms with van der Waals surface area (Å²) in [6.45, 7) is 3.23. The molecule has 53 heavy (non-hydrogen) atoms. The van der Waals surface area contributed by atoms with Crippen molar-refractivity contribution in [2.75, 3.05) is 13.2 Å². The van der Waals surface area contributed by atoms with Gasteiger partial charge in [0.2, 0.25) is 5.91 Å². The Hall–Kier alpha value is -4.89. The van der Waals surface area contributed by atoms with Crippen LogP contribution in [0.4, 0.5) is 0 Å². The highest BCUT2D eigenvalue weighted by Crippen LogP contribution is 2.40. The lowest BCUT2D eigenvalue weighted by molar-refractivity contribution is -0.375. The van der Waals surface area contributed by atoms with E-state index in [0.29, 0.717) is 5.56 Å². The van der Waals surface area contributed by atoms with E-state index < -0.39 is 122 Å². The van der Waals surface area contributed by atoms with Crippen LogP contribution in [0, 0.1) is 0 Å². The van der Waals surface area contributed by atoms with Crippen LogP contribution in [0.15, 0.2) is 35.4 Å². The highest BCUT2D eigenvalue weighted by atomic mass is 16.8. The van der Waals surface area contributed by atoms with Crippen molar-refractivity contribution in [1.29, 1.82) is 0 Å². The van der Waals surface area contributed by atoms with Crippen molar-refractivity contribution >= 4 is 35.8 Å². The van der Waals surface area contributed by atoms with Gasteiger partial charge in [0, 0.05) is 39.5 Å². The highest BCUT2D eigenvalue weighted by molar-refractivity contribution is 5.77. The Balaban J connectivity index is 2.20. The fourth-order valence-corrected chi connectivity index (χ4v) is 5.85. The van der Waals surface area contributed by atoms with E-state index in [4.69, 9.17) is 37.9 Å². The van der Waals surface area contributed by atoms with Gasteiger partial charge < -0.3 is 58.5 Å². The van der Waals surface area contributed by atoms with Gasteiger partial charge in [0.25, 0.3) is 5.79 Å². The number of aliphatic hydroxyl groups excluding tert-OH is 2. The molecule has 0 saturated carbocycles. The lowest BCUT2D eigenvalue weighted by Gasteiger charge is -2.50. The Morgan fingerprint density at radius 1 is 1.02 bits per heavy atom. The minimum Gasteiger partial charge on any atom is -0.477 e. The van der Waals surface area contributed by atoms with Crippen LogP contribution in [0.2, 0.25) is 0 Å². The molecular formula is C32H42N4O17. The molecule has 2 fully saturated rings. The Morgan fingerprint density at radius 3 is 2.21 bits per heavy atom. The van der Waals surface area contributed by atoms with Gasteiger partial charge in [-0.3, -0.25) is 24.0 Å². The molecule has 4 N–H and O–H groups in total. The highest BCUT2D eigenvalue weighted by Gasteiger charge is 2.61. The van der Waals surface area contributed by atoms with Crippen molar-refractivity contribution in [3.8, 4) is 0 Å². The summed E-state index contributed by atoms with van der Waals surface area (Å²) in [5.74, 6) is -9.50. The van der Waals surface area contributed by atoms with E-state index in [1.165, 1.54) is 0 Å². The predicted molar refractivity (Wildman–Crippen MR) is 172 cm³/mol. The molecule has 1 aromatic rings.